The summed E-state index contributed by atoms with van der Waals surface area (Å²) in [6.45, 7) is 3.63. The van der Waals surface area contributed by atoms with Crippen molar-refractivity contribution >= 4 is 11.4 Å². The second-order valence-electron chi connectivity index (χ2n) is 5.33. The fraction of sp³-hybridized carbons (Fsp3) is 1.00. The summed E-state index contributed by atoms with van der Waals surface area (Å²) in [5.74, 6) is 0. The fourth-order valence-electron chi connectivity index (χ4n) is 1.33. The van der Waals surface area contributed by atoms with E-state index in [1.807, 2.05) is 0 Å². The van der Waals surface area contributed by atoms with E-state index in [9.17, 15) is 17.7 Å². The molecule has 4 atom stereocenters. The van der Waals surface area contributed by atoms with E-state index in [0.29, 0.717) is 0 Å². The molecule has 2 N–H and O–H groups in total. The Morgan fingerprint density at radius 1 is 1.35 bits per heavy atom. The number of ether oxygens (including phenoxy) is 1. The van der Waals surface area contributed by atoms with Crippen molar-refractivity contribution in [2.75, 3.05) is 19.9 Å². The van der Waals surface area contributed by atoms with Crippen LogP contribution in [0.4, 0.5) is 13.2 Å². The molecule has 0 radical (unpaired) electrons. The molecule has 4 nitrogen and oxygen atoms in total. The minimum Gasteiger partial charge on any atom is -0.598 e. The van der Waals surface area contributed by atoms with Crippen LogP contribution in [0.1, 0.15) is 33.6 Å². The quantitative estimate of drug-likeness (QED) is 0.603. The predicted octanol–water partition coefficient (Wildman–Crippen LogP) is 1.80. The van der Waals surface area contributed by atoms with Crippen molar-refractivity contribution in [2.45, 2.75) is 56.9 Å². The summed E-state index contributed by atoms with van der Waals surface area (Å²) < 4.78 is 57.9. The van der Waals surface area contributed by atoms with Gasteiger partial charge in [-0.25, -0.2) is 8.78 Å². The first-order valence-corrected chi connectivity index (χ1v) is 7.63. The number of rotatable bonds is 10. The van der Waals surface area contributed by atoms with E-state index in [-0.39, 0.29) is 19.4 Å². The zero-order chi connectivity index (χ0) is 15.8. The zero-order valence-electron chi connectivity index (χ0n) is 12.1. The van der Waals surface area contributed by atoms with Crippen LogP contribution in [0.2, 0.25) is 0 Å². The van der Waals surface area contributed by atoms with Gasteiger partial charge in [-0.3, -0.25) is 4.39 Å². The number of aliphatic hydroxyl groups is 1. The Kier molecular flexibility index (Phi) is 9.82. The van der Waals surface area contributed by atoms with Crippen molar-refractivity contribution < 1.29 is 27.6 Å². The number of halogens is 3. The number of aliphatic hydroxyl groups excluding tert-OH is 1. The Bertz CT molecular complexity index is 257. The van der Waals surface area contributed by atoms with Gasteiger partial charge in [-0.15, -0.1) is 4.72 Å². The Morgan fingerprint density at radius 2 is 1.95 bits per heavy atom. The van der Waals surface area contributed by atoms with Gasteiger partial charge in [0.2, 0.25) is 6.36 Å². The molecular formula is C12H24F3NO3S. The number of nitrogens with one attached hydrogen (secondary N) is 1. The summed E-state index contributed by atoms with van der Waals surface area (Å²) in [5, 5.41) is 8.50. The Balaban J connectivity index is 4.60. The maximum atomic E-state index is 14.0. The highest BCUT2D eigenvalue weighted by Gasteiger charge is 2.36. The molecule has 20 heavy (non-hydrogen) atoms. The van der Waals surface area contributed by atoms with Crippen LogP contribution >= 0.6 is 0 Å². The SMILES string of the molecule is CC(C)(C)[S@@+]([O-])NC(CCCF)C(F)[C@H](F)OCCO. The van der Waals surface area contributed by atoms with Gasteiger partial charge in [-0.2, -0.15) is 0 Å². The van der Waals surface area contributed by atoms with Gasteiger partial charge in [0.1, 0.15) is 4.75 Å². The molecule has 0 aliphatic rings. The Hall–Kier alpha value is -0.0200. The molecule has 0 aromatic rings. The smallest absolute Gasteiger partial charge is 0.232 e. The minimum atomic E-state index is -2.25. The van der Waals surface area contributed by atoms with Gasteiger partial charge in [0.25, 0.3) is 0 Å². The molecule has 122 valence electrons. The summed E-state index contributed by atoms with van der Waals surface area (Å²) in [6.07, 6.45) is -4.30. The van der Waals surface area contributed by atoms with Gasteiger partial charge in [0.05, 0.1) is 25.9 Å². The third kappa shape index (κ3) is 7.68. The molecule has 0 bridgehead atoms. The lowest BCUT2D eigenvalue weighted by atomic mass is 10.1. The van der Waals surface area contributed by atoms with Crippen LogP contribution in [0.15, 0.2) is 0 Å². The minimum absolute atomic E-state index is 0.00237. The molecule has 0 amide bonds. The van der Waals surface area contributed by atoms with Crippen molar-refractivity contribution in [1.82, 2.24) is 4.72 Å². The van der Waals surface area contributed by atoms with Crippen LogP contribution in [0.25, 0.3) is 0 Å². The van der Waals surface area contributed by atoms with Crippen LogP contribution in [0.5, 0.6) is 0 Å². The van der Waals surface area contributed by atoms with Gasteiger partial charge < -0.3 is 14.4 Å². The predicted molar refractivity (Wildman–Crippen MR) is 72.9 cm³/mol. The summed E-state index contributed by atoms with van der Waals surface area (Å²) >= 11 is -1.60. The van der Waals surface area contributed by atoms with Crippen LogP contribution in [0.3, 0.4) is 0 Å². The molecule has 8 heteroatoms. The molecule has 0 aliphatic heterocycles. The molecule has 0 saturated heterocycles. The lowest BCUT2D eigenvalue weighted by molar-refractivity contribution is -0.102. The van der Waals surface area contributed by atoms with E-state index in [0.717, 1.165) is 0 Å². The third-order valence-corrected chi connectivity index (χ3v) is 4.10. The Morgan fingerprint density at radius 3 is 2.40 bits per heavy atom. The van der Waals surface area contributed by atoms with Gasteiger partial charge in [0.15, 0.2) is 6.17 Å². The van der Waals surface area contributed by atoms with Crippen molar-refractivity contribution in [3.63, 3.8) is 0 Å². The monoisotopic (exact) mass is 319 g/mol. The first kappa shape index (κ1) is 20.0. The molecule has 0 saturated carbocycles. The first-order valence-electron chi connectivity index (χ1n) is 6.48. The second kappa shape index (κ2) is 9.83. The molecule has 0 heterocycles. The highest BCUT2D eigenvalue weighted by molar-refractivity contribution is 7.90. The van der Waals surface area contributed by atoms with Crippen molar-refractivity contribution in [3.05, 3.63) is 0 Å². The molecule has 2 unspecified atom stereocenters. The maximum absolute atomic E-state index is 14.0. The van der Waals surface area contributed by atoms with Crippen molar-refractivity contribution in [2.24, 2.45) is 0 Å². The molecule has 0 aromatic carbocycles. The van der Waals surface area contributed by atoms with Crippen LogP contribution in [-0.4, -0.2) is 52.9 Å². The molecule has 0 aliphatic carbocycles. The highest BCUT2D eigenvalue weighted by Crippen LogP contribution is 2.20. The van der Waals surface area contributed by atoms with E-state index < -0.39 is 48.0 Å². The molecule has 0 spiro atoms. The summed E-state index contributed by atoms with van der Waals surface area (Å²) in [6, 6.07) is -1.11. The fourth-order valence-corrected chi connectivity index (χ4v) is 2.21. The zero-order valence-corrected chi connectivity index (χ0v) is 12.9. The van der Waals surface area contributed by atoms with Gasteiger partial charge in [-0.05, 0) is 33.6 Å². The lowest BCUT2D eigenvalue weighted by Gasteiger charge is -2.30. The second-order valence-corrected chi connectivity index (χ2v) is 7.32. The number of hydrogen-bond acceptors (Lipinski definition) is 4. The van der Waals surface area contributed by atoms with Crippen LogP contribution in [-0.2, 0) is 16.1 Å². The van der Waals surface area contributed by atoms with E-state index in [2.05, 4.69) is 9.46 Å². The van der Waals surface area contributed by atoms with Crippen LogP contribution < -0.4 is 4.72 Å². The van der Waals surface area contributed by atoms with Crippen LogP contribution in [0, 0.1) is 0 Å². The molecule has 0 aromatic heterocycles. The van der Waals surface area contributed by atoms with Crippen molar-refractivity contribution in [3.8, 4) is 0 Å². The average Bonchev–Trinajstić information content (AvgIpc) is 2.38. The van der Waals surface area contributed by atoms with E-state index in [1.165, 1.54) is 0 Å². The summed E-state index contributed by atoms with van der Waals surface area (Å²) in [7, 11) is 0. The van der Waals surface area contributed by atoms with Gasteiger partial charge in [0, 0.05) is 11.4 Å². The van der Waals surface area contributed by atoms with Gasteiger partial charge >= 0.3 is 0 Å². The van der Waals surface area contributed by atoms with E-state index in [1.54, 1.807) is 20.8 Å². The Labute approximate surface area is 121 Å². The summed E-state index contributed by atoms with van der Waals surface area (Å²) in [4.78, 5) is 0. The van der Waals surface area contributed by atoms with E-state index in [4.69, 9.17) is 5.11 Å². The average molecular weight is 319 g/mol. The highest BCUT2D eigenvalue weighted by atomic mass is 32.2. The molecule has 0 rings (SSSR count). The van der Waals surface area contributed by atoms with Crippen molar-refractivity contribution in [1.29, 1.82) is 0 Å². The topological polar surface area (TPSA) is 64.5 Å². The summed E-state index contributed by atoms with van der Waals surface area (Å²) in [5.41, 5.74) is 0. The normalized spacial score (nSPS) is 18.6. The van der Waals surface area contributed by atoms with E-state index >= 15 is 0 Å². The van der Waals surface area contributed by atoms with Gasteiger partial charge in [-0.1, -0.05) is 0 Å². The number of hydrogen-bond donors (Lipinski definition) is 2. The number of alkyl halides is 3. The molecular weight excluding hydrogens is 295 g/mol. The maximum Gasteiger partial charge on any atom is 0.232 e. The third-order valence-electron chi connectivity index (χ3n) is 2.47. The standard InChI is InChI=1S/C12H24F3NO3S/c1-12(2,3)20(18)16-9(5-4-6-13)10(14)11(15)19-8-7-17/h9-11,16-17H,4-8H2,1-3H3/t9?,10?,11-,20-/m1/s1. The molecule has 0 fully saturated rings. The lowest BCUT2D eigenvalue weighted by Crippen LogP contribution is -2.50. The first-order chi connectivity index (χ1) is 9.23. The largest absolute Gasteiger partial charge is 0.598 e.